The molecule has 0 amide bonds. The predicted molar refractivity (Wildman–Crippen MR) is 62.0 cm³/mol. The Labute approximate surface area is 98.2 Å². The summed E-state index contributed by atoms with van der Waals surface area (Å²) in [6.45, 7) is 1.44. The molecular weight excluding hydrogens is 248 g/mol. The van der Waals surface area contributed by atoms with Gasteiger partial charge in [-0.1, -0.05) is 0 Å². The molecule has 2 heterocycles. The quantitative estimate of drug-likeness (QED) is 0.892. The van der Waals surface area contributed by atoms with Gasteiger partial charge in [0, 0.05) is 28.6 Å². The number of carboxylic acids is 1. The molecule has 0 aliphatic carbocycles. The highest BCUT2D eigenvalue weighted by Gasteiger charge is 2.20. The zero-order valence-electron chi connectivity index (χ0n) is 8.49. The van der Waals surface area contributed by atoms with Crippen LogP contribution in [0.3, 0.4) is 0 Å². The Kier molecular flexibility index (Phi) is 3.06. The Morgan fingerprint density at radius 1 is 1.75 bits per heavy atom. The maximum absolute atomic E-state index is 11.6. The summed E-state index contributed by atoms with van der Waals surface area (Å²) in [5.74, 6) is -0.860. The summed E-state index contributed by atoms with van der Waals surface area (Å²) in [7, 11) is -1.43. The van der Waals surface area contributed by atoms with Crippen molar-refractivity contribution in [2.75, 3.05) is 0 Å². The second-order valence-corrected chi connectivity index (χ2v) is 5.96. The van der Waals surface area contributed by atoms with Gasteiger partial charge in [-0.25, -0.2) is 4.98 Å². The number of hydrogen-bond acceptors (Lipinski definition) is 4. The molecule has 7 heteroatoms. The number of imidazole rings is 1. The molecule has 0 bridgehead atoms. The van der Waals surface area contributed by atoms with Crippen LogP contribution < -0.4 is 0 Å². The van der Waals surface area contributed by atoms with Crippen molar-refractivity contribution in [2.24, 2.45) is 0 Å². The van der Waals surface area contributed by atoms with Crippen molar-refractivity contribution in [3.8, 4) is 0 Å². The molecule has 2 aromatic rings. The fourth-order valence-corrected chi connectivity index (χ4v) is 2.85. The van der Waals surface area contributed by atoms with E-state index in [-0.39, 0.29) is 5.75 Å². The lowest BCUT2D eigenvalue weighted by Crippen LogP contribution is -2.22. The maximum Gasteiger partial charge on any atom is 0.318 e. The zero-order valence-corrected chi connectivity index (χ0v) is 10.1. The van der Waals surface area contributed by atoms with E-state index < -0.39 is 22.0 Å². The molecule has 2 rings (SSSR count). The van der Waals surface area contributed by atoms with E-state index in [0.29, 0.717) is 5.69 Å². The van der Waals surface area contributed by atoms with Crippen LogP contribution in [0.1, 0.15) is 12.6 Å². The predicted octanol–water partition coefficient (Wildman–Crippen LogP) is 1.12. The molecule has 2 unspecified atom stereocenters. The molecule has 0 saturated carbocycles. The van der Waals surface area contributed by atoms with Gasteiger partial charge in [0.1, 0.15) is 5.25 Å². The topological polar surface area (TPSA) is 71.7 Å². The van der Waals surface area contributed by atoms with E-state index in [9.17, 15) is 9.00 Å². The number of hydrogen-bond donors (Lipinski definition) is 1. The van der Waals surface area contributed by atoms with Crippen LogP contribution in [-0.4, -0.2) is 29.9 Å². The smallest absolute Gasteiger partial charge is 0.318 e. The lowest BCUT2D eigenvalue weighted by Gasteiger charge is -2.03. The second kappa shape index (κ2) is 4.34. The van der Waals surface area contributed by atoms with E-state index in [1.165, 1.54) is 18.3 Å². The average Bonchev–Trinajstić information content (AvgIpc) is 2.76. The summed E-state index contributed by atoms with van der Waals surface area (Å²) >= 11 is 1.49. The number of thiazole rings is 1. The van der Waals surface area contributed by atoms with E-state index in [1.807, 2.05) is 16.0 Å². The van der Waals surface area contributed by atoms with Gasteiger partial charge in [-0.2, -0.15) is 0 Å². The number of rotatable bonds is 4. The first-order valence-corrected chi connectivity index (χ1v) is 6.85. The van der Waals surface area contributed by atoms with Crippen molar-refractivity contribution in [3.63, 3.8) is 0 Å². The van der Waals surface area contributed by atoms with Crippen LogP contribution in [0.25, 0.3) is 4.96 Å². The molecule has 5 nitrogen and oxygen atoms in total. The van der Waals surface area contributed by atoms with Crippen molar-refractivity contribution in [1.82, 2.24) is 9.38 Å². The SMILES string of the molecule is CC(C(=O)O)S(=O)Cc1cn2ccsc2n1. The summed E-state index contributed by atoms with van der Waals surface area (Å²) in [5, 5.41) is 9.76. The number of nitrogens with zero attached hydrogens (tertiary/aromatic N) is 2. The second-order valence-electron chi connectivity index (χ2n) is 3.33. The van der Waals surface area contributed by atoms with Crippen molar-refractivity contribution in [3.05, 3.63) is 23.5 Å². The van der Waals surface area contributed by atoms with Crippen LogP contribution in [0.4, 0.5) is 0 Å². The molecule has 0 aliphatic heterocycles. The van der Waals surface area contributed by atoms with Gasteiger partial charge in [-0.3, -0.25) is 13.4 Å². The van der Waals surface area contributed by atoms with Gasteiger partial charge in [0.25, 0.3) is 0 Å². The molecule has 0 aromatic carbocycles. The van der Waals surface area contributed by atoms with Gasteiger partial charge < -0.3 is 5.11 Å². The highest BCUT2D eigenvalue weighted by molar-refractivity contribution is 7.85. The van der Waals surface area contributed by atoms with Crippen molar-refractivity contribution >= 4 is 33.1 Å². The molecule has 1 N–H and O–H groups in total. The van der Waals surface area contributed by atoms with E-state index in [4.69, 9.17) is 5.11 Å². The Morgan fingerprint density at radius 2 is 2.50 bits per heavy atom. The third kappa shape index (κ3) is 2.14. The van der Waals surface area contributed by atoms with Crippen molar-refractivity contribution < 1.29 is 14.1 Å². The minimum Gasteiger partial charge on any atom is -0.480 e. The average molecular weight is 258 g/mol. The van der Waals surface area contributed by atoms with E-state index in [1.54, 1.807) is 6.20 Å². The van der Waals surface area contributed by atoms with Gasteiger partial charge in [0.05, 0.1) is 11.4 Å². The van der Waals surface area contributed by atoms with Crippen molar-refractivity contribution in [2.45, 2.75) is 17.9 Å². The summed E-state index contributed by atoms with van der Waals surface area (Å²) < 4.78 is 13.5. The van der Waals surface area contributed by atoms with Crippen LogP contribution in [0.2, 0.25) is 0 Å². The van der Waals surface area contributed by atoms with E-state index >= 15 is 0 Å². The lowest BCUT2D eigenvalue weighted by molar-refractivity contribution is -0.136. The molecule has 0 radical (unpaired) electrons. The maximum atomic E-state index is 11.6. The molecule has 86 valence electrons. The van der Waals surface area contributed by atoms with Crippen LogP contribution in [0.15, 0.2) is 17.8 Å². The summed E-state index contributed by atoms with van der Waals surface area (Å²) in [6, 6.07) is 0. The number of fused-ring (bicyclic) bond motifs is 1. The van der Waals surface area contributed by atoms with Gasteiger partial charge in [-0.05, 0) is 6.92 Å². The Bertz CT molecular complexity index is 517. The van der Waals surface area contributed by atoms with Crippen LogP contribution >= 0.6 is 11.3 Å². The molecule has 0 aliphatic rings. The third-order valence-corrected chi connectivity index (χ3v) is 4.52. The molecule has 0 spiro atoms. The Morgan fingerprint density at radius 3 is 3.12 bits per heavy atom. The van der Waals surface area contributed by atoms with Crippen LogP contribution in [0.5, 0.6) is 0 Å². The molecule has 0 fully saturated rings. The van der Waals surface area contributed by atoms with Gasteiger partial charge in [-0.15, -0.1) is 11.3 Å². The van der Waals surface area contributed by atoms with Crippen molar-refractivity contribution in [1.29, 1.82) is 0 Å². The van der Waals surface area contributed by atoms with Crippen LogP contribution in [-0.2, 0) is 21.3 Å². The van der Waals surface area contributed by atoms with Gasteiger partial charge >= 0.3 is 5.97 Å². The van der Waals surface area contributed by atoms with E-state index in [0.717, 1.165) is 4.96 Å². The first-order chi connectivity index (χ1) is 7.58. The highest BCUT2D eigenvalue weighted by atomic mass is 32.2. The fourth-order valence-electron chi connectivity index (χ4n) is 1.23. The molecule has 2 aromatic heterocycles. The highest BCUT2D eigenvalue weighted by Crippen LogP contribution is 2.13. The van der Waals surface area contributed by atoms with Gasteiger partial charge in [0.2, 0.25) is 0 Å². The summed E-state index contributed by atoms with van der Waals surface area (Å²) in [6.07, 6.45) is 3.64. The summed E-state index contributed by atoms with van der Waals surface area (Å²) in [5.41, 5.74) is 0.665. The molecule has 0 saturated heterocycles. The normalized spacial score (nSPS) is 15.1. The molecule has 16 heavy (non-hydrogen) atoms. The van der Waals surface area contributed by atoms with Crippen LogP contribution in [0, 0.1) is 0 Å². The first-order valence-electron chi connectivity index (χ1n) is 4.59. The standard InChI is InChI=1S/C9H10N2O3S2/c1-6(8(12)13)16(14)5-7-4-11-2-3-15-9(11)10-7/h2-4,6H,5H2,1H3,(H,12,13). The largest absolute Gasteiger partial charge is 0.480 e. The Hall–Kier alpha value is -1.21. The number of carbonyl (C=O) groups is 1. The third-order valence-electron chi connectivity index (χ3n) is 2.18. The lowest BCUT2D eigenvalue weighted by atomic mass is 10.5. The molecular formula is C9H10N2O3S2. The van der Waals surface area contributed by atoms with E-state index in [2.05, 4.69) is 4.98 Å². The zero-order chi connectivity index (χ0) is 11.7. The molecule has 2 atom stereocenters. The monoisotopic (exact) mass is 258 g/mol. The minimum atomic E-state index is -1.43. The summed E-state index contributed by atoms with van der Waals surface area (Å²) in [4.78, 5) is 15.7. The minimum absolute atomic E-state index is 0.182. The number of carboxylic acid groups (broad SMARTS) is 1. The number of aromatic nitrogens is 2. The Balaban J connectivity index is 2.13. The fraction of sp³-hybridized carbons (Fsp3) is 0.333. The first kappa shape index (κ1) is 11.3. The van der Waals surface area contributed by atoms with Gasteiger partial charge in [0.15, 0.2) is 4.96 Å². The number of aliphatic carboxylic acids is 1.